The molecule has 0 saturated carbocycles. The van der Waals surface area contributed by atoms with Gasteiger partial charge in [-0.3, -0.25) is 4.79 Å². The lowest BCUT2D eigenvalue weighted by Gasteiger charge is -2.40. The Hall–Kier alpha value is -3.87. The Morgan fingerprint density at radius 1 is 0.933 bits per heavy atom. The fraction of sp³-hybridized carbons (Fsp3) is 0.174. The monoisotopic (exact) mass is 399 g/mol. The van der Waals surface area contributed by atoms with Crippen molar-refractivity contribution in [2.24, 2.45) is 0 Å². The van der Waals surface area contributed by atoms with E-state index in [1.54, 1.807) is 18.4 Å². The Kier molecular flexibility index (Phi) is 3.74. The van der Waals surface area contributed by atoms with Gasteiger partial charge in [-0.2, -0.15) is 4.98 Å². The number of hydrogen-bond donors (Lipinski definition) is 0. The van der Waals surface area contributed by atoms with Crippen LogP contribution in [0.15, 0.2) is 75.9 Å². The van der Waals surface area contributed by atoms with Crippen LogP contribution in [0.5, 0.6) is 11.5 Å². The fourth-order valence-electron chi connectivity index (χ4n) is 4.08. The number of hydrogen-bond acceptors (Lipinski definition) is 6. The van der Waals surface area contributed by atoms with Gasteiger partial charge in [0.25, 0.3) is 0 Å². The lowest BCUT2D eigenvalue weighted by atomic mass is 9.85. The van der Waals surface area contributed by atoms with E-state index in [0.29, 0.717) is 30.6 Å². The molecular weight excluding hydrogens is 382 g/mol. The topological polar surface area (TPSA) is 81.6 Å². The molecule has 0 spiro atoms. The van der Waals surface area contributed by atoms with Crippen LogP contribution in [0.3, 0.4) is 0 Å². The fourth-order valence-corrected chi connectivity index (χ4v) is 4.08. The lowest BCUT2D eigenvalue weighted by Crippen LogP contribution is -2.50. The number of nitrogens with zero attached hydrogens (tertiary/aromatic N) is 3. The number of furan rings is 1. The van der Waals surface area contributed by atoms with Gasteiger partial charge >= 0.3 is 0 Å². The van der Waals surface area contributed by atoms with Gasteiger partial charge in [0.15, 0.2) is 5.76 Å². The molecule has 4 heterocycles. The summed E-state index contributed by atoms with van der Waals surface area (Å²) in [5, 5.41) is 3.98. The third-order valence-corrected chi connectivity index (χ3v) is 5.65. The first-order valence-corrected chi connectivity index (χ1v) is 9.80. The van der Waals surface area contributed by atoms with Crippen molar-refractivity contribution in [1.29, 1.82) is 0 Å². The minimum Gasteiger partial charge on any atom is -0.461 e. The summed E-state index contributed by atoms with van der Waals surface area (Å²) in [5.74, 6) is 2.67. The van der Waals surface area contributed by atoms with Crippen LogP contribution in [0.1, 0.15) is 28.9 Å². The summed E-state index contributed by atoms with van der Waals surface area (Å²) in [5.41, 5.74) is 1.78. The van der Waals surface area contributed by atoms with E-state index >= 15 is 0 Å². The van der Waals surface area contributed by atoms with Crippen LogP contribution in [-0.2, 0) is 4.79 Å². The normalized spacial score (nSPS) is 15.8. The molecule has 0 bridgehead atoms. The van der Waals surface area contributed by atoms with Crippen LogP contribution in [0.4, 0.5) is 0 Å². The number of para-hydroxylation sites is 2. The van der Waals surface area contributed by atoms with Crippen molar-refractivity contribution in [3.8, 4) is 23.1 Å². The smallest absolute Gasteiger partial charge is 0.238 e. The molecule has 0 atom stereocenters. The van der Waals surface area contributed by atoms with Crippen LogP contribution in [-0.4, -0.2) is 34.0 Å². The zero-order chi connectivity index (χ0) is 20.1. The summed E-state index contributed by atoms with van der Waals surface area (Å²) in [6.45, 7) is 1.08. The van der Waals surface area contributed by atoms with Crippen LogP contribution >= 0.6 is 0 Å². The molecule has 7 heteroatoms. The first-order valence-electron chi connectivity index (χ1n) is 9.80. The van der Waals surface area contributed by atoms with E-state index in [9.17, 15) is 4.79 Å². The molecule has 6 rings (SSSR count). The van der Waals surface area contributed by atoms with Crippen molar-refractivity contribution in [3.63, 3.8) is 0 Å². The Balaban J connectivity index is 1.24. The number of benzene rings is 2. The van der Waals surface area contributed by atoms with Gasteiger partial charge in [-0.25, -0.2) is 0 Å². The maximum Gasteiger partial charge on any atom is 0.238 e. The Morgan fingerprint density at radius 3 is 2.30 bits per heavy atom. The number of amides is 1. The van der Waals surface area contributed by atoms with Gasteiger partial charge in [-0.15, -0.1) is 0 Å². The molecule has 2 aliphatic heterocycles. The highest BCUT2D eigenvalue weighted by molar-refractivity contribution is 5.90. The number of fused-ring (bicyclic) bond motifs is 2. The number of ether oxygens (including phenoxy) is 1. The lowest BCUT2D eigenvalue weighted by molar-refractivity contribution is -0.136. The number of carbonyl (C=O) groups excluding carboxylic acids is 1. The van der Waals surface area contributed by atoms with Crippen molar-refractivity contribution in [3.05, 3.63) is 83.9 Å². The molecule has 0 unspecified atom stereocenters. The molecule has 0 aliphatic carbocycles. The van der Waals surface area contributed by atoms with Gasteiger partial charge < -0.3 is 18.6 Å². The number of rotatable bonds is 3. The van der Waals surface area contributed by atoms with Crippen LogP contribution in [0, 0.1) is 0 Å². The van der Waals surface area contributed by atoms with Gasteiger partial charge in [-0.05, 0) is 24.3 Å². The van der Waals surface area contributed by atoms with Crippen molar-refractivity contribution < 1.29 is 18.5 Å². The third kappa shape index (κ3) is 2.62. The highest BCUT2D eigenvalue weighted by atomic mass is 16.5. The van der Waals surface area contributed by atoms with Crippen LogP contribution in [0.2, 0.25) is 0 Å². The van der Waals surface area contributed by atoms with Gasteiger partial charge in [0.2, 0.25) is 17.6 Å². The van der Waals surface area contributed by atoms with Crippen molar-refractivity contribution in [1.82, 2.24) is 15.0 Å². The van der Waals surface area contributed by atoms with Gasteiger partial charge in [0.1, 0.15) is 11.5 Å². The highest BCUT2D eigenvalue weighted by Gasteiger charge is 2.41. The van der Waals surface area contributed by atoms with Gasteiger partial charge in [-0.1, -0.05) is 41.6 Å². The number of aromatic nitrogens is 2. The summed E-state index contributed by atoms with van der Waals surface area (Å²) in [4.78, 5) is 19.7. The van der Waals surface area contributed by atoms with Crippen LogP contribution < -0.4 is 4.74 Å². The summed E-state index contributed by atoms with van der Waals surface area (Å²) >= 11 is 0. The maximum absolute atomic E-state index is 13.5. The molecule has 2 aliphatic rings. The van der Waals surface area contributed by atoms with Crippen LogP contribution in [0.25, 0.3) is 11.6 Å². The second-order valence-electron chi connectivity index (χ2n) is 7.48. The number of likely N-dealkylation sites (tertiary alicyclic amines) is 1. The summed E-state index contributed by atoms with van der Waals surface area (Å²) < 4.78 is 16.7. The standard InChI is InChI=1S/C23H17N3O4/c27-23(20-15-6-1-3-8-17(15)29-18-9-4-2-7-16(18)20)26-12-14(13-26)22-24-21(25-30-22)19-10-5-11-28-19/h1-11,14,20H,12-13H2. The zero-order valence-electron chi connectivity index (χ0n) is 15.9. The average Bonchev–Trinajstić information content (AvgIpc) is 3.43. The van der Waals surface area contributed by atoms with E-state index < -0.39 is 0 Å². The van der Waals surface area contributed by atoms with E-state index in [0.717, 1.165) is 22.6 Å². The molecule has 148 valence electrons. The predicted octanol–water partition coefficient (Wildman–Crippen LogP) is 4.19. The summed E-state index contributed by atoms with van der Waals surface area (Å²) in [6.07, 6.45) is 1.57. The van der Waals surface area contributed by atoms with Crippen molar-refractivity contribution in [2.45, 2.75) is 11.8 Å². The molecule has 0 N–H and O–H groups in total. The number of carbonyl (C=O) groups is 1. The van der Waals surface area contributed by atoms with Crippen molar-refractivity contribution in [2.75, 3.05) is 13.1 Å². The summed E-state index contributed by atoms with van der Waals surface area (Å²) in [7, 11) is 0. The molecule has 1 fully saturated rings. The molecule has 4 aromatic rings. The Bertz CT molecular complexity index is 1180. The molecule has 2 aromatic carbocycles. The van der Waals surface area contributed by atoms with Gasteiger partial charge in [0, 0.05) is 24.2 Å². The summed E-state index contributed by atoms with van der Waals surface area (Å²) in [6, 6.07) is 19.0. The largest absolute Gasteiger partial charge is 0.461 e. The van der Waals surface area contributed by atoms with E-state index in [1.807, 2.05) is 53.4 Å². The molecule has 1 saturated heterocycles. The second-order valence-corrected chi connectivity index (χ2v) is 7.48. The molecule has 1 amide bonds. The molecule has 30 heavy (non-hydrogen) atoms. The minimum absolute atomic E-state index is 0.0236. The molecule has 7 nitrogen and oxygen atoms in total. The zero-order valence-corrected chi connectivity index (χ0v) is 15.9. The third-order valence-electron chi connectivity index (χ3n) is 5.65. The molecule has 0 radical (unpaired) electrons. The highest BCUT2D eigenvalue weighted by Crippen LogP contribution is 2.45. The Labute approximate surface area is 171 Å². The second kappa shape index (κ2) is 6.59. The molecular formula is C23H17N3O4. The molecule has 2 aromatic heterocycles. The first-order chi connectivity index (χ1) is 14.8. The van der Waals surface area contributed by atoms with Crippen molar-refractivity contribution >= 4 is 5.91 Å². The van der Waals surface area contributed by atoms with Gasteiger partial charge in [0.05, 0.1) is 18.1 Å². The van der Waals surface area contributed by atoms with E-state index in [1.165, 1.54) is 0 Å². The van der Waals surface area contributed by atoms with E-state index in [4.69, 9.17) is 13.7 Å². The van der Waals surface area contributed by atoms with E-state index in [2.05, 4.69) is 10.1 Å². The average molecular weight is 399 g/mol. The Morgan fingerprint density at radius 2 is 1.63 bits per heavy atom. The SMILES string of the molecule is O=C(C1c2ccccc2Oc2ccccc21)N1CC(c2nc(-c3ccco3)no2)C1. The van der Waals surface area contributed by atoms with E-state index in [-0.39, 0.29) is 17.7 Å². The predicted molar refractivity (Wildman–Crippen MR) is 106 cm³/mol. The maximum atomic E-state index is 13.5. The first kappa shape index (κ1) is 17.0. The quantitative estimate of drug-likeness (QED) is 0.514. The minimum atomic E-state index is -0.381.